The minimum absolute atomic E-state index is 0.184. The molecule has 0 aliphatic carbocycles. The van der Waals surface area contributed by atoms with Gasteiger partial charge in [0.1, 0.15) is 11.0 Å². The highest BCUT2D eigenvalue weighted by Crippen LogP contribution is 2.37. The van der Waals surface area contributed by atoms with Crippen molar-refractivity contribution in [3.8, 4) is 22.1 Å². The van der Waals surface area contributed by atoms with Crippen LogP contribution in [-0.2, 0) is 17.6 Å². The molecule has 1 aliphatic heterocycles. The Morgan fingerprint density at radius 2 is 1.73 bits per heavy atom. The SMILES string of the molecule is CCc1cccc(NC(=O)N[C@@H](Cc2ccccc2)C(=O)Nc2nnc(-c3ccc4c(c3)OCO4)s2)c1. The van der Waals surface area contributed by atoms with Gasteiger partial charge in [-0.15, -0.1) is 10.2 Å². The summed E-state index contributed by atoms with van der Waals surface area (Å²) in [5.74, 6) is 0.923. The number of amides is 3. The molecule has 0 fully saturated rings. The Morgan fingerprint density at radius 3 is 2.57 bits per heavy atom. The van der Waals surface area contributed by atoms with E-state index in [0.29, 0.717) is 33.7 Å². The highest BCUT2D eigenvalue weighted by Gasteiger charge is 2.23. The second kappa shape index (κ2) is 11.1. The summed E-state index contributed by atoms with van der Waals surface area (Å²) in [5.41, 5.74) is 3.48. The number of ether oxygens (including phenoxy) is 2. The summed E-state index contributed by atoms with van der Waals surface area (Å²) in [6.07, 6.45) is 1.16. The van der Waals surface area contributed by atoms with Crippen molar-refractivity contribution >= 4 is 34.1 Å². The van der Waals surface area contributed by atoms with Crippen LogP contribution in [-0.4, -0.2) is 35.0 Å². The van der Waals surface area contributed by atoms with Crippen LogP contribution >= 0.6 is 11.3 Å². The molecule has 0 radical (unpaired) electrons. The lowest BCUT2D eigenvalue weighted by atomic mass is 10.1. The lowest BCUT2D eigenvalue weighted by Gasteiger charge is -2.18. The molecule has 3 aromatic carbocycles. The Hall–Kier alpha value is -4.44. The fourth-order valence-electron chi connectivity index (χ4n) is 3.87. The molecule has 37 heavy (non-hydrogen) atoms. The van der Waals surface area contributed by atoms with Crippen LogP contribution in [0.2, 0.25) is 0 Å². The van der Waals surface area contributed by atoms with Gasteiger partial charge in [0.2, 0.25) is 17.8 Å². The third-order valence-electron chi connectivity index (χ3n) is 5.77. The molecule has 3 N–H and O–H groups in total. The van der Waals surface area contributed by atoms with E-state index < -0.39 is 18.0 Å². The second-order valence-corrected chi connectivity index (χ2v) is 9.34. The molecule has 0 spiro atoms. The molecule has 2 heterocycles. The number of nitrogens with one attached hydrogen (secondary N) is 3. The van der Waals surface area contributed by atoms with Gasteiger partial charge in [0.15, 0.2) is 11.5 Å². The summed E-state index contributed by atoms with van der Waals surface area (Å²) in [4.78, 5) is 26.1. The molecule has 4 aromatic rings. The fourth-order valence-corrected chi connectivity index (χ4v) is 4.61. The second-order valence-electron chi connectivity index (χ2n) is 8.36. The molecular weight excluding hydrogens is 490 g/mol. The zero-order valence-electron chi connectivity index (χ0n) is 20.1. The number of benzene rings is 3. The van der Waals surface area contributed by atoms with Crippen LogP contribution in [0.5, 0.6) is 11.5 Å². The molecule has 1 atom stereocenters. The Labute approximate surface area is 217 Å². The van der Waals surface area contributed by atoms with Gasteiger partial charge in [-0.3, -0.25) is 10.1 Å². The van der Waals surface area contributed by atoms with Gasteiger partial charge in [-0.25, -0.2) is 4.79 Å². The number of aryl methyl sites for hydroxylation is 1. The zero-order valence-corrected chi connectivity index (χ0v) is 20.9. The predicted molar refractivity (Wildman–Crippen MR) is 142 cm³/mol. The monoisotopic (exact) mass is 515 g/mol. The Morgan fingerprint density at radius 1 is 0.919 bits per heavy atom. The van der Waals surface area contributed by atoms with Gasteiger partial charge >= 0.3 is 6.03 Å². The largest absolute Gasteiger partial charge is 0.454 e. The molecule has 0 unspecified atom stereocenters. The Bertz CT molecular complexity index is 1410. The molecule has 1 aliphatic rings. The molecule has 3 amide bonds. The summed E-state index contributed by atoms with van der Waals surface area (Å²) >= 11 is 1.23. The highest BCUT2D eigenvalue weighted by atomic mass is 32.1. The smallest absolute Gasteiger partial charge is 0.319 e. The minimum Gasteiger partial charge on any atom is -0.454 e. The lowest BCUT2D eigenvalue weighted by Crippen LogP contribution is -2.46. The quantitative estimate of drug-likeness (QED) is 0.309. The first-order chi connectivity index (χ1) is 18.1. The summed E-state index contributed by atoms with van der Waals surface area (Å²) in [5, 5.41) is 17.7. The molecule has 0 bridgehead atoms. The predicted octanol–water partition coefficient (Wildman–Crippen LogP) is 4.87. The van der Waals surface area contributed by atoms with E-state index in [1.807, 2.05) is 79.7 Å². The molecular formula is C27H25N5O4S. The summed E-state index contributed by atoms with van der Waals surface area (Å²) in [7, 11) is 0. The van der Waals surface area contributed by atoms with Gasteiger partial charge in [0.25, 0.3) is 0 Å². The zero-order chi connectivity index (χ0) is 25.6. The number of carbonyl (C=O) groups is 2. The average molecular weight is 516 g/mol. The van der Waals surface area contributed by atoms with Crippen molar-refractivity contribution in [2.45, 2.75) is 25.8 Å². The van der Waals surface area contributed by atoms with Gasteiger partial charge < -0.3 is 20.1 Å². The number of nitrogens with zero attached hydrogens (tertiary/aromatic N) is 2. The summed E-state index contributed by atoms with van der Waals surface area (Å²) < 4.78 is 10.8. The number of carbonyl (C=O) groups excluding carboxylic acids is 2. The van der Waals surface area contributed by atoms with Crippen LogP contribution in [0, 0.1) is 0 Å². The van der Waals surface area contributed by atoms with E-state index in [1.165, 1.54) is 11.3 Å². The van der Waals surface area contributed by atoms with E-state index in [2.05, 4.69) is 26.1 Å². The van der Waals surface area contributed by atoms with Crippen molar-refractivity contribution in [3.05, 3.63) is 83.9 Å². The average Bonchev–Trinajstić information content (AvgIpc) is 3.58. The van der Waals surface area contributed by atoms with E-state index in [-0.39, 0.29) is 6.79 Å². The number of rotatable bonds is 8. The van der Waals surface area contributed by atoms with Crippen LogP contribution in [0.15, 0.2) is 72.8 Å². The number of hydrogen-bond acceptors (Lipinski definition) is 7. The maximum atomic E-state index is 13.3. The fraction of sp³-hybridized carbons (Fsp3) is 0.185. The summed E-state index contributed by atoms with van der Waals surface area (Å²) in [6.45, 7) is 2.23. The van der Waals surface area contributed by atoms with Gasteiger partial charge in [-0.1, -0.05) is 60.7 Å². The van der Waals surface area contributed by atoms with Gasteiger partial charge in [0, 0.05) is 17.7 Å². The number of hydrogen-bond donors (Lipinski definition) is 3. The van der Waals surface area contributed by atoms with Crippen LogP contribution in [0.25, 0.3) is 10.6 Å². The van der Waals surface area contributed by atoms with Gasteiger partial charge in [-0.05, 0) is 47.9 Å². The highest BCUT2D eigenvalue weighted by molar-refractivity contribution is 7.18. The van der Waals surface area contributed by atoms with Crippen molar-refractivity contribution < 1.29 is 19.1 Å². The van der Waals surface area contributed by atoms with E-state index in [9.17, 15) is 9.59 Å². The number of aromatic nitrogens is 2. The molecule has 5 rings (SSSR count). The lowest BCUT2D eigenvalue weighted by molar-refractivity contribution is -0.117. The van der Waals surface area contributed by atoms with Crippen LogP contribution in [0.4, 0.5) is 15.6 Å². The molecule has 188 valence electrons. The Kier molecular flexibility index (Phi) is 7.27. The van der Waals surface area contributed by atoms with E-state index in [4.69, 9.17) is 9.47 Å². The normalized spacial score (nSPS) is 12.6. The van der Waals surface area contributed by atoms with Crippen LogP contribution in [0.3, 0.4) is 0 Å². The molecule has 1 aromatic heterocycles. The van der Waals surface area contributed by atoms with Crippen LogP contribution in [0.1, 0.15) is 18.1 Å². The van der Waals surface area contributed by atoms with Gasteiger partial charge in [0.05, 0.1) is 0 Å². The molecule has 10 heteroatoms. The number of urea groups is 1. The van der Waals surface area contributed by atoms with E-state index in [0.717, 1.165) is 23.1 Å². The number of anilines is 2. The molecule has 0 saturated heterocycles. The maximum absolute atomic E-state index is 13.3. The topological polar surface area (TPSA) is 114 Å². The maximum Gasteiger partial charge on any atom is 0.319 e. The third kappa shape index (κ3) is 6.04. The third-order valence-corrected chi connectivity index (χ3v) is 6.66. The Balaban J connectivity index is 1.29. The van der Waals surface area contributed by atoms with Crippen molar-refractivity contribution in [2.75, 3.05) is 17.4 Å². The van der Waals surface area contributed by atoms with E-state index >= 15 is 0 Å². The molecule has 0 saturated carbocycles. The molecule has 9 nitrogen and oxygen atoms in total. The standard InChI is InChI=1S/C27H25N5O4S/c1-2-17-9-6-10-20(13-17)28-26(34)29-21(14-18-7-4-3-5-8-18)24(33)30-27-32-31-25(37-27)19-11-12-22-23(15-19)36-16-35-22/h3-13,15,21H,2,14,16H2,1H3,(H2,28,29,34)(H,30,32,33)/t21-/m0/s1. The van der Waals surface area contributed by atoms with Crippen molar-refractivity contribution in [3.63, 3.8) is 0 Å². The van der Waals surface area contributed by atoms with Crippen molar-refractivity contribution in [2.24, 2.45) is 0 Å². The summed E-state index contributed by atoms with van der Waals surface area (Å²) in [6, 6.07) is 21.3. The van der Waals surface area contributed by atoms with Gasteiger partial charge in [-0.2, -0.15) is 0 Å². The first kappa shape index (κ1) is 24.3. The van der Waals surface area contributed by atoms with Crippen LogP contribution < -0.4 is 25.4 Å². The first-order valence-electron chi connectivity index (χ1n) is 11.8. The van der Waals surface area contributed by atoms with Crippen molar-refractivity contribution in [1.29, 1.82) is 0 Å². The number of fused-ring (bicyclic) bond motifs is 1. The first-order valence-corrected chi connectivity index (χ1v) is 12.6. The van der Waals surface area contributed by atoms with E-state index in [1.54, 1.807) is 0 Å². The van der Waals surface area contributed by atoms with Crippen molar-refractivity contribution in [1.82, 2.24) is 15.5 Å². The minimum atomic E-state index is -0.838.